The molecule has 4 aromatic carbocycles. The lowest BCUT2D eigenvalue weighted by atomic mass is 9.87. The van der Waals surface area contributed by atoms with E-state index in [1.54, 1.807) is 7.11 Å². The summed E-state index contributed by atoms with van der Waals surface area (Å²) in [4.78, 5) is 12.8. The number of ketones is 1. The van der Waals surface area contributed by atoms with Gasteiger partial charge in [0.05, 0.1) is 7.11 Å². The molecule has 0 saturated heterocycles. The third-order valence-electron chi connectivity index (χ3n) is 5.39. The van der Waals surface area contributed by atoms with Crippen LogP contribution in [0.2, 0.25) is 0 Å². The first-order valence-corrected chi connectivity index (χ1v) is 8.92. The van der Waals surface area contributed by atoms with E-state index in [0.29, 0.717) is 6.42 Å². The quantitative estimate of drug-likeness (QED) is 0.462. The van der Waals surface area contributed by atoms with Crippen LogP contribution < -0.4 is 4.74 Å². The Morgan fingerprint density at radius 2 is 1.42 bits per heavy atom. The molecule has 0 unspecified atom stereocenters. The largest absolute Gasteiger partial charge is 0.496 e. The molecule has 0 amide bonds. The van der Waals surface area contributed by atoms with E-state index in [-0.39, 0.29) is 5.78 Å². The lowest BCUT2D eigenvalue weighted by Crippen LogP contribution is -2.00. The molecular formula is C24H18O2. The number of fused-ring (bicyclic) bond motifs is 3. The van der Waals surface area contributed by atoms with Crippen molar-refractivity contribution in [1.29, 1.82) is 0 Å². The van der Waals surface area contributed by atoms with Crippen molar-refractivity contribution in [1.82, 2.24) is 0 Å². The van der Waals surface area contributed by atoms with E-state index in [1.165, 1.54) is 5.39 Å². The second-order valence-electron chi connectivity index (χ2n) is 6.79. The highest BCUT2D eigenvalue weighted by Crippen LogP contribution is 2.45. The number of rotatable bonds is 2. The number of methoxy groups -OCH3 is 1. The van der Waals surface area contributed by atoms with E-state index in [0.717, 1.165) is 50.6 Å². The molecule has 0 bridgehead atoms. The van der Waals surface area contributed by atoms with Crippen molar-refractivity contribution >= 4 is 27.3 Å². The minimum Gasteiger partial charge on any atom is -0.496 e. The Labute approximate surface area is 152 Å². The number of ether oxygens (including phenoxy) is 1. The van der Waals surface area contributed by atoms with Crippen molar-refractivity contribution in [3.8, 4) is 16.9 Å². The molecule has 0 saturated carbocycles. The van der Waals surface area contributed by atoms with Crippen LogP contribution in [0.15, 0.2) is 66.7 Å². The fraction of sp³-hybridized carbons (Fsp3) is 0.125. The van der Waals surface area contributed by atoms with E-state index in [2.05, 4.69) is 42.5 Å². The van der Waals surface area contributed by atoms with Gasteiger partial charge in [-0.05, 0) is 39.6 Å². The molecule has 0 heterocycles. The maximum absolute atomic E-state index is 12.8. The van der Waals surface area contributed by atoms with Gasteiger partial charge in [-0.25, -0.2) is 0 Å². The van der Waals surface area contributed by atoms with Crippen molar-refractivity contribution in [2.45, 2.75) is 12.8 Å². The molecular weight excluding hydrogens is 320 g/mol. The zero-order chi connectivity index (χ0) is 17.7. The number of Topliss-reactive ketones (excluding diaryl/α,β-unsaturated/α-hetero) is 1. The van der Waals surface area contributed by atoms with Gasteiger partial charge < -0.3 is 4.74 Å². The fourth-order valence-electron chi connectivity index (χ4n) is 4.23. The van der Waals surface area contributed by atoms with Gasteiger partial charge >= 0.3 is 0 Å². The molecule has 0 N–H and O–H groups in total. The van der Waals surface area contributed by atoms with E-state index >= 15 is 0 Å². The molecule has 0 aliphatic heterocycles. The summed E-state index contributed by atoms with van der Waals surface area (Å²) in [5.74, 6) is 1.04. The van der Waals surface area contributed by atoms with Crippen LogP contribution in [0.4, 0.5) is 0 Å². The summed E-state index contributed by atoms with van der Waals surface area (Å²) in [5, 5.41) is 4.54. The van der Waals surface area contributed by atoms with E-state index in [9.17, 15) is 4.79 Å². The highest BCUT2D eigenvalue weighted by molar-refractivity contribution is 6.18. The van der Waals surface area contributed by atoms with Gasteiger partial charge in [0.15, 0.2) is 5.78 Å². The lowest BCUT2D eigenvalue weighted by molar-refractivity contribution is 0.0995. The average Bonchev–Trinajstić information content (AvgIpc) is 3.06. The first-order valence-electron chi connectivity index (χ1n) is 8.92. The van der Waals surface area contributed by atoms with Gasteiger partial charge in [0.25, 0.3) is 0 Å². The molecule has 126 valence electrons. The topological polar surface area (TPSA) is 26.3 Å². The van der Waals surface area contributed by atoms with E-state index in [4.69, 9.17) is 4.74 Å². The smallest absolute Gasteiger partial charge is 0.164 e. The Balaban J connectivity index is 2.02. The van der Waals surface area contributed by atoms with Gasteiger partial charge in [0, 0.05) is 23.1 Å². The minimum absolute atomic E-state index is 0.232. The van der Waals surface area contributed by atoms with Crippen LogP contribution in [0.25, 0.3) is 32.7 Å². The van der Waals surface area contributed by atoms with Gasteiger partial charge in [0.1, 0.15) is 5.75 Å². The highest BCUT2D eigenvalue weighted by atomic mass is 16.5. The second-order valence-corrected chi connectivity index (χ2v) is 6.79. The predicted molar refractivity (Wildman–Crippen MR) is 106 cm³/mol. The van der Waals surface area contributed by atoms with E-state index < -0.39 is 0 Å². The summed E-state index contributed by atoms with van der Waals surface area (Å²) in [6, 6.07) is 22.9. The monoisotopic (exact) mass is 338 g/mol. The molecule has 2 nitrogen and oxygen atoms in total. The molecule has 0 radical (unpaired) electrons. The molecule has 0 aromatic heterocycles. The molecule has 1 aliphatic carbocycles. The Morgan fingerprint density at radius 1 is 0.731 bits per heavy atom. The third-order valence-corrected chi connectivity index (χ3v) is 5.39. The normalized spacial score (nSPS) is 13.3. The van der Waals surface area contributed by atoms with Crippen LogP contribution in [0, 0.1) is 0 Å². The van der Waals surface area contributed by atoms with Crippen molar-refractivity contribution in [2.75, 3.05) is 7.11 Å². The Morgan fingerprint density at radius 3 is 2.19 bits per heavy atom. The Kier molecular flexibility index (Phi) is 3.32. The number of carbonyl (C=O) groups excluding carboxylic acids is 1. The average molecular weight is 338 g/mol. The predicted octanol–water partition coefficient (Wildman–Crippen LogP) is 5.80. The maximum Gasteiger partial charge on any atom is 0.164 e. The summed E-state index contributed by atoms with van der Waals surface area (Å²) in [7, 11) is 1.70. The van der Waals surface area contributed by atoms with Crippen LogP contribution in [0.5, 0.6) is 5.75 Å². The summed E-state index contributed by atoms with van der Waals surface area (Å²) in [5.41, 5.74) is 4.07. The molecule has 2 heteroatoms. The number of aryl methyl sites for hydroxylation is 1. The Hall–Kier alpha value is -3.13. The summed E-state index contributed by atoms with van der Waals surface area (Å²) in [6.07, 6.45) is 1.41. The number of carbonyl (C=O) groups is 1. The van der Waals surface area contributed by atoms with Gasteiger partial charge in [-0.15, -0.1) is 0 Å². The molecule has 0 spiro atoms. The van der Waals surface area contributed by atoms with Crippen LogP contribution in [0.3, 0.4) is 0 Å². The van der Waals surface area contributed by atoms with E-state index in [1.807, 2.05) is 24.3 Å². The highest BCUT2D eigenvalue weighted by Gasteiger charge is 2.27. The van der Waals surface area contributed by atoms with Gasteiger partial charge in [-0.2, -0.15) is 0 Å². The number of hydrogen-bond acceptors (Lipinski definition) is 2. The second kappa shape index (κ2) is 5.70. The van der Waals surface area contributed by atoms with Gasteiger partial charge in [0.2, 0.25) is 0 Å². The molecule has 26 heavy (non-hydrogen) atoms. The van der Waals surface area contributed by atoms with Crippen LogP contribution in [-0.4, -0.2) is 12.9 Å². The zero-order valence-electron chi connectivity index (χ0n) is 14.6. The summed E-state index contributed by atoms with van der Waals surface area (Å²) in [6.45, 7) is 0. The first kappa shape index (κ1) is 15.2. The molecule has 5 rings (SSSR count). The lowest BCUT2D eigenvalue weighted by Gasteiger charge is -2.18. The van der Waals surface area contributed by atoms with Crippen molar-refractivity contribution < 1.29 is 9.53 Å². The molecule has 4 aromatic rings. The number of hydrogen-bond donors (Lipinski definition) is 0. The van der Waals surface area contributed by atoms with Crippen LogP contribution >= 0.6 is 0 Å². The van der Waals surface area contributed by atoms with Gasteiger partial charge in [-0.3, -0.25) is 4.79 Å². The fourth-order valence-corrected chi connectivity index (χ4v) is 4.23. The first-order chi connectivity index (χ1) is 12.8. The van der Waals surface area contributed by atoms with Crippen LogP contribution in [-0.2, 0) is 6.42 Å². The van der Waals surface area contributed by atoms with Gasteiger partial charge in [-0.1, -0.05) is 60.7 Å². The molecule has 1 aliphatic rings. The van der Waals surface area contributed by atoms with Crippen molar-refractivity contribution in [3.63, 3.8) is 0 Å². The summed E-state index contributed by atoms with van der Waals surface area (Å²) < 4.78 is 5.74. The zero-order valence-corrected chi connectivity index (χ0v) is 14.6. The van der Waals surface area contributed by atoms with Crippen LogP contribution in [0.1, 0.15) is 22.3 Å². The maximum atomic E-state index is 12.8. The van der Waals surface area contributed by atoms with Crippen molar-refractivity contribution in [3.05, 3.63) is 77.9 Å². The standard InChI is InChI=1S/C24H18O2/c1-26-21-13-11-15-6-2-4-8-18(15)23(21)24-19-9-5-3-7-16(19)14-17-10-12-20(25)22(17)24/h2-9,11,13-14H,10,12H2,1H3. The molecule has 0 fully saturated rings. The third kappa shape index (κ3) is 2.08. The SMILES string of the molecule is COc1ccc2ccccc2c1-c1c2c(cc3ccccc13)CCC2=O. The Bertz CT molecular complexity index is 1190. The van der Waals surface area contributed by atoms with Crippen molar-refractivity contribution in [2.24, 2.45) is 0 Å². The number of benzene rings is 4. The summed E-state index contributed by atoms with van der Waals surface area (Å²) >= 11 is 0. The minimum atomic E-state index is 0.232. The molecule has 0 atom stereocenters.